The van der Waals surface area contributed by atoms with Gasteiger partial charge in [0.05, 0.1) is 6.10 Å². The summed E-state index contributed by atoms with van der Waals surface area (Å²) in [6, 6.07) is 0.450. The smallest absolute Gasteiger partial charge is 0.191 e. The number of nitrogens with zero attached hydrogens (tertiary/aromatic N) is 1. The van der Waals surface area contributed by atoms with Crippen LogP contribution in [0.1, 0.15) is 54.4 Å². The third-order valence-corrected chi connectivity index (χ3v) is 3.15. The van der Waals surface area contributed by atoms with Gasteiger partial charge in [0.15, 0.2) is 5.96 Å². The van der Waals surface area contributed by atoms with Crippen molar-refractivity contribution in [3.8, 4) is 0 Å². The van der Waals surface area contributed by atoms with E-state index in [-0.39, 0.29) is 24.0 Å². The highest BCUT2D eigenvalue weighted by molar-refractivity contribution is 14.0. The quantitative estimate of drug-likeness (QED) is 0.355. The molecule has 2 atom stereocenters. The fraction of sp³-hybridized carbons (Fsp3) is 0.933. The Morgan fingerprint density at radius 3 is 2.25 bits per heavy atom. The van der Waals surface area contributed by atoms with E-state index in [1.807, 2.05) is 6.92 Å². The summed E-state index contributed by atoms with van der Waals surface area (Å²) in [6.07, 6.45) is 2.38. The molecular formula is C15H34IN3O. The van der Waals surface area contributed by atoms with E-state index in [1.165, 1.54) is 0 Å². The summed E-state index contributed by atoms with van der Waals surface area (Å²) in [5.74, 6) is 1.45. The molecule has 2 unspecified atom stereocenters. The lowest BCUT2D eigenvalue weighted by molar-refractivity contribution is 0.0266. The molecular weight excluding hydrogens is 365 g/mol. The molecule has 0 aromatic rings. The molecule has 0 rings (SSSR count). The molecule has 0 aliphatic rings. The number of guanidine groups is 1. The van der Waals surface area contributed by atoms with Crippen LogP contribution in [0.25, 0.3) is 0 Å². The van der Waals surface area contributed by atoms with Crippen LogP contribution in [0, 0.1) is 5.92 Å². The van der Waals surface area contributed by atoms with Crippen molar-refractivity contribution in [2.45, 2.75) is 66.5 Å². The van der Waals surface area contributed by atoms with Gasteiger partial charge >= 0.3 is 0 Å². The molecule has 0 aromatic carbocycles. The molecule has 0 amide bonds. The minimum atomic E-state index is 0. The molecule has 122 valence electrons. The van der Waals surface area contributed by atoms with Crippen LogP contribution in [0.4, 0.5) is 0 Å². The van der Waals surface area contributed by atoms with Gasteiger partial charge < -0.3 is 15.4 Å². The Labute approximate surface area is 142 Å². The molecule has 0 fully saturated rings. The van der Waals surface area contributed by atoms with Crippen molar-refractivity contribution in [3.05, 3.63) is 0 Å². The van der Waals surface area contributed by atoms with Crippen molar-refractivity contribution >= 4 is 29.9 Å². The molecule has 0 bridgehead atoms. The lowest BCUT2D eigenvalue weighted by atomic mass is 10.0. The second-order valence-electron chi connectivity index (χ2n) is 5.24. The minimum Gasteiger partial charge on any atom is -0.378 e. The van der Waals surface area contributed by atoms with Crippen LogP contribution in [-0.2, 0) is 4.74 Å². The SMILES string of the molecule is CCNC(=NCCC(OCC)C(C)C)NC(C)CC.I. The lowest BCUT2D eigenvalue weighted by Gasteiger charge is -2.20. The van der Waals surface area contributed by atoms with E-state index in [4.69, 9.17) is 4.74 Å². The second-order valence-corrected chi connectivity index (χ2v) is 5.24. The fourth-order valence-corrected chi connectivity index (χ4v) is 1.78. The number of hydrogen-bond acceptors (Lipinski definition) is 2. The molecule has 0 aromatic heterocycles. The molecule has 0 saturated heterocycles. The summed E-state index contributed by atoms with van der Waals surface area (Å²) >= 11 is 0. The van der Waals surface area contributed by atoms with Gasteiger partial charge in [-0.15, -0.1) is 24.0 Å². The molecule has 0 heterocycles. The van der Waals surface area contributed by atoms with Crippen molar-refractivity contribution in [1.82, 2.24) is 10.6 Å². The van der Waals surface area contributed by atoms with E-state index in [0.717, 1.165) is 38.5 Å². The third-order valence-electron chi connectivity index (χ3n) is 3.15. The van der Waals surface area contributed by atoms with Crippen molar-refractivity contribution in [2.75, 3.05) is 19.7 Å². The summed E-state index contributed by atoms with van der Waals surface area (Å²) < 4.78 is 5.74. The monoisotopic (exact) mass is 399 g/mol. The molecule has 0 radical (unpaired) electrons. The van der Waals surface area contributed by atoms with Gasteiger partial charge in [-0.2, -0.15) is 0 Å². The summed E-state index contributed by atoms with van der Waals surface area (Å²) in [7, 11) is 0. The van der Waals surface area contributed by atoms with E-state index in [1.54, 1.807) is 0 Å². The van der Waals surface area contributed by atoms with Crippen LogP contribution >= 0.6 is 24.0 Å². The molecule has 0 spiro atoms. The van der Waals surface area contributed by atoms with Gasteiger partial charge in [0.2, 0.25) is 0 Å². The zero-order valence-corrected chi connectivity index (χ0v) is 16.4. The maximum Gasteiger partial charge on any atom is 0.191 e. The van der Waals surface area contributed by atoms with Crippen LogP contribution in [-0.4, -0.2) is 37.8 Å². The molecule has 4 nitrogen and oxygen atoms in total. The van der Waals surface area contributed by atoms with E-state index >= 15 is 0 Å². The Morgan fingerprint density at radius 2 is 1.80 bits per heavy atom. The Bertz CT molecular complexity index is 247. The minimum absolute atomic E-state index is 0. The first-order valence-electron chi connectivity index (χ1n) is 7.71. The molecule has 0 aliphatic heterocycles. The summed E-state index contributed by atoms with van der Waals surface area (Å²) in [4.78, 5) is 4.62. The van der Waals surface area contributed by atoms with Gasteiger partial charge in [-0.25, -0.2) is 0 Å². The van der Waals surface area contributed by atoms with Crippen molar-refractivity contribution in [1.29, 1.82) is 0 Å². The number of aliphatic imine (C=N–C) groups is 1. The highest BCUT2D eigenvalue weighted by Gasteiger charge is 2.12. The lowest BCUT2D eigenvalue weighted by Crippen LogP contribution is -2.42. The van der Waals surface area contributed by atoms with Gasteiger partial charge in [0.25, 0.3) is 0 Å². The molecule has 0 aliphatic carbocycles. The van der Waals surface area contributed by atoms with E-state index in [0.29, 0.717) is 18.1 Å². The normalized spacial score (nSPS) is 14.7. The Morgan fingerprint density at radius 1 is 1.15 bits per heavy atom. The van der Waals surface area contributed by atoms with Crippen molar-refractivity contribution in [3.63, 3.8) is 0 Å². The Balaban J connectivity index is 0. The fourth-order valence-electron chi connectivity index (χ4n) is 1.78. The van der Waals surface area contributed by atoms with Gasteiger partial charge in [-0.05, 0) is 39.5 Å². The largest absolute Gasteiger partial charge is 0.378 e. The predicted octanol–water partition coefficient (Wildman–Crippen LogP) is 3.41. The van der Waals surface area contributed by atoms with Crippen LogP contribution in [0.2, 0.25) is 0 Å². The molecule has 2 N–H and O–H groups in total. The first-order chi connectivity index (χ1) is 9.04. The van der Waals surface area contributed by atoms with E-state index in [9.17, 15) is 0 Å². The molecule has 0 saturated carbocycles. The zero-order valence-electron chi connectivity index (χ0n) is 14.0. The van der Waals surface area contributed by atoms with Gasteiger partial charge in [-0.1, -0.05) is 20.8 Å². The highest BCUT2D eigenvalue weighted by Crippen LogP contribution is 2.10. The van der Waals surface area contributed by atoms with Gasteiger partial charge in [0, 0.05) is 25.7 Å². The maximum atomic E-state index is 5.74. The van der Waals surface area contributed by atoms with Crippen molar-refractivity contribution in [2.24, 2.45) is 10.9 Å². The number of ether oxygens (including phenoxy) is 1. The van der Waals surface area contributed by atoms with Crippen molar-refractivity contribution < 1.29 is 4.74 Å². The van der Waals surface area contributed by atoms with Gasteiger partial charge in [0.1, 0.15) is 0 Å². The summed E-state index contributed by atoms with van der Waals surface area (Å²) in [5.41, 5.74) is 0. The standard InChI is InChI=1S/C15H33N3O.HI/c1-7-13(6)18-15(16-8-2)17-11-10-14(12(4)5)19-9-3;/h12-14H,7-11H2,1-6H3,(H2,16,17,18);1H. The third kappa shape index (κ3) is 10.7. The maximum absolute atomic E-state index is 5.74. The summed E-state index contributed by atoms with van der Waals surface area (Å²) in [6.45, 7) is 15.3. The average molecular weight is 399 g/mol. The first-order valence-corrected chi connectivity index (χ1v) is 7.71. The van der Waals surface area contributed by atoms with Crippen LogP contribution in [0.15, 0.2) is 4.99 Å². The Hall–Kier alpha value is -0.0400. The Kier molecular flexibility index (Phi) is 15.5. The highest BCUT2D eigenvalue weighted by atomic mass is 127. The number of hydrogen-bond donors (Lipinski definition) is 2. The molecule has 5 heteroatoms. The number of nitrogens with one attached hydrogen (secondary N) is 2. The van der Waals surface area contributed by atoms with Crippen LogP contribution < -0.4 is 10.6 Å². The van der Waals surface area contributed by atoms with Crippen LogP contribution in [0.5, 0.6) is 0 Å². The summed E-state index contributed by atoms with van der Waals surface area (Å²) in [5, 5.41) is 6.68. The number of rotatable bonds is 9. The van der Waals surface area contributed by atoms with Gasteiger partial charge in [-0.3, -0.25) is 4.99 Å². The zero-order chi connectivity index (χ0) is 14.7. The first kappa shape index (κ1) is 22.2. The average Bonchev–Trinajstić information content (AvgIpc) is 2.37. The van der Waals surface area contributed by atoms with E-state index in [2.05, 4.69) is 50.2 Å². The number of halogens is 1. The molecule has 20 heavy (non-hydrogen) atoms. The van der Waals surface area contributed by atoms with E-state index < -0.39 is 0 Å². The van der Waals surface area contributed by atoms with Crippen LogP contribution in [0.3, 0.4) is 0 Å². The second kappa shape index (κ2) is 13.9. The predicted molar refractivity (Wildman–Crippen MR) is 99.2 cm³/mol. The topological polar surface area (TPSA) is 45.7 Å².